The first-order valence-electron chi connectivity index (χ1n) is 6.87. The minimum atomic E-state index is -3.10. The maximum Gasteiger partial charge on any atom is 0.221 e. The van der Waals surface area contributed by atoms with Crippen molar-refractivity contribution in [2.45, 2.75) is 19.4 Å². The van der Waals surface area contributed by atoms with Crippen molar-refractivity contribution in [2.75, 3.05) is 32.6 Å². The Morgan fingerprint density at radius 1 is 1.29 bits per heavy atom. The smallest absolute Gasteiger partial charge is 0.221 e. The molecule has 0 heterocycles. The molecule has 0 saturated carbocycles. The van der Waals surface area contributed by atoms with Crippen molar-refractivity contribution in [3.8, 4) is 0 Å². The van der Waals surface area contributed by atoms with Crippen molar-refractivity contribution in [1.82, 2.24) is 10.2 Å². The standard InChI is InChI=1S/C15H24N2O3S/c1-12-7-5-6-8-13(12)14(17(2)3)11-16-15(18)9-10-21(4,19)20/h5-8,14H,9-11H2,1-4H3,(H,16,18). The molecular weight excluding hydrogens is 288 g/mol. The number of carbonyl (C=O) groups excluding carboxylic acids is 1. The Hall–Kier alpha value is -1.40. The molecule has 21 heavy (non-hydrogen) atoms. The number of carbonyl (C=O) groups is 1. The molecule has 0 aliphatic rings. The van der Waals surface area contributed by atoms with E-state index in [1.807, 2.05) is 50.2 Å². The number of rotatable bonds is 7. The Balaban J connectivity index is 2.65. The molecule has 0 spiro atoms. The fourth-order valence-corrected chi connectivity index (χ4v) is 2.66. The number of likely N-dealkylation sites (N-methyl/N-ethyl adjacent to an activating group) is 1. The van der Waals surface area contributed by atoms with Gasteiger partial charge in [0.2, 0.25) is 5.91 Å². The van der Waals surface area contributed by atoms with Gasteiger partial charge in [-0.15, -0.1) is 0 Å². The van der Waals surface area contributed by atoms with Gasteiger partial charge in [0.1, 0.15) is 9.84 Å². The van der Waals surface area contributed by atoms with Crippen LogP contribution in [0.5, 0.6) is 0 Å². The summed E-state index contributed by atoms with van der Waals surface area (Å²) in [5.41, 5.74) is 2.33. The average molecular weight is 312 g/mol. The molecule has 0 radical (unpaired) electrons. The van der Waals surface area contributed by atoms with E-state index in [4.69, 9.17) is 0 Å². The van der Waals surface area contributed by atoms with E-state index >= 15 is 0 Å². The Morgan fingerprint density at radius 3 is 2.43 bits per heavy atom. The molecule has 6 heteroatoms. The molecule has 1 atom stereocenters. The summed E-state index contributed by atoms with van der Waals surface area (Å²) in [5, 5.41) is 2.82. The largest absolute Gasteiger partial charge is 0.354 e. The molecule has 0 saturated heterocycles. The molecule has 1 rings (SSSR count). The second kappa shape index (κ2) is 7.56. The summed E-state index contributed by atoms with van der Waals surface area (Å²) in [6.45, 7) is 2.50. The molecule has 0 aromatic heterocycles. The maximum absolute atomic E-state index is 11.7. The molecular formula is C15H24N2O3S. The van der Waals surface area contributed by atoms with Crippen LogP contribution >= 0.6 is 0 Å². The Labute approximate surface area is 127 Å². The summed E-state index contributed by atoms with van der Waals surface area (Å²) in [6.07, 6.45) is 1.14. The summed E-state index contributed by atoms with van der Waals surface area (Å²) >= 11 is 0. The highest BCUT2D eigenvalue weighted by Gasteiger charge is 2.17. The SMILES string of the molecule is Cc1ccccc1C(CNC(=O)CCS(C)(=O)=O)N(C)C. The van der Waals surface area contributed by atoms with Gasteiger partial charge in [0.05, 0.1) is 11.8 Å². The topological polar surface area (TPSA) is 66.5 Å². The van der Waals surface area contributed by atoms with Crippen molar-refractivity contribution >= 4 is 15.7 Å². The van der Waals surface area contributed by atoms with Crippen molar-refractivity contribution < 1.29 is 13.2 Å². The molecule has 0 aliphatic heterocycles. The number of benzene rings is 1. The van der Waals surface area contributed by atoms with Gasteiger partial charge in [-0.05, 0) is 32.1 Å². The lowest BCUT2D eigenvalue weighted by Crippen LogP contribution is -2.35. The predicted octanol–water partition coefficient (Wildman–Crippen LogP) is 1.15. The van der Waals surface area contributed by atoms with Crippen molar-refractivity contribution in [3.63, 3.8) is 0 Å². The zero-order valence-corrected chi connectivity index (χ0v) is 13.9. The molecule has 5 nitrogen and oxygen atoms in total. The van der Waals surface area contributed by atoms with Crippen LogP contribution in [-0.4, -0.2) is 51.9 Å². The van der Waals surface area contributed by atoms with Gasteiger partial charge in [0, 0.05) is 19.2 Å². The van der Waals surface area contributed by atoms with E-state index in [1.54, 1.807) is 0 Å². The van der Waals surface area contributed by atoms with Gasteiger partial charge >= 0.3 is 0 Å². The van der Waals surface area contributed by atoms with E-state index in [9.17, 15) is 13.2 Å². The van der Waals surface area contributed by atoms with Crippen LogP contribution in [0.1, 0.15) is 23.6 Å². The molecule has 1 unspecified atom stereocenters. The normalized spacial score (nSPS) is 13.2. The van der Waals surface area contributed by atoms with Gasteiger partial charge in [-0.25, -0.2) is 8.42 Å². The lowest BCUT2D eigenvalue weighted by Gasteiger charge is -2.26. The molecule has 1 aromatic carbocycles. The molecule has 1 aromatic rings. The Morgan fingerprint density at radius 2 is 1.90 bits per heavy atom. The van der Waals surface area contributed by atoms with Gasteiger partial charge in [-0.3, -0.25) is 4.79 Å². The number of sulfone groups is 1. The van der Waals surface area contributed by atoms with Gasteiger partial charge in [0.25, 0.3) is 0 Å². The van der Waals surface area contributed by atoms with Crippen LogP contribution in [0.2, 0.25) is 0 Å². The van der Waals surface area contributed by atoms with Gasteiger partial charge in [-0.2, -0.15) is 0 Å². The van der Waals surface area contributed by atoms with Gasteiger partial charge in [-0.1, -0.05) is 24.3 Å². The van der Waals surface area contributed by atoms with E-state index in [0.29, 0.717) is 6.54 Å². The highest BCUT2D eigenvalue weighted by atomic mass is 32.2. The number of amides is 1. The molecule has 0 bridgehead atoms. The highest BCUT2D eigenvalue weighted by Crippen LogP contribution is 2.20. The fourth-order valence-electron chi connectivity index (χ4n) is 2.11. The third kappa shape index (κ3) is 6.27. The summed E-state index contributed by atoms with van der Waals surface area (Å²) in [5.74, 6) is -0.351. The zero-order valence-electron chi connectivity index (χ0n) is 13.1. The van der Waals surface area contributed by atoms with Crippen LogP contribution in [0.25, 0.3) is 0 Å². The van der Waals surface area contributed by atoms with E-state index in [2.05, 4.69) is 5.32 Å². The van der Waals surface area contributed by atoms with Crippen LogP contribution in [0.15, 0.2) is 24.3 Å². The second-order valence-corrected chi connectivity index (χ2v) is 7.78. The molecule has 1 amide bonds. The molecule has 0 fully saturated rings. The molecule has 1 N–H and O–H groups in total. The fraction of sp³-hybridized carbons (Fsp3) is 0.533. The van der Waals surface area contributed by atoms with Crippen LogP contribution in [0.3, 0.4) is 0 Å². The third-order valence-corrected chi connectivity index (χ3v) is 4.31. The van der Waals surface area contributed by atoms with Crippen molar-refractivity contribution in [3.05, 3.63) is 35.4 Å². The van der Waals surface area contributed by atoms with Crippen LogP contribution < -0.4 is 5.32 Å². The average Bonchev–Trinajstić information content (AvgIpc) is 2.37. The highest BCUT2D eigenvalue weighted by molar-refractivity contribution is 7.90. The quantitative estimate of drug-likeness (QED) is 0.820. The lowest BCUT2D eigenvalue weighted by atomic mass is 10.0. The first-order valence-corrected chi connectivity index (χ1v) is 8.93. The lowest BCUT2D eigenvalue weighted by molar-refractivity contribution is -0.120. The van der Waals surface area contributed by atoms with Crippen LogP contribution in [0.4, 0.5) is 0 Å². The Kier molecular flexibility index (Phi) is 6.36. The number of nitrogens with one attached hydrogen (secondary N) is 1. The first-order chi connectivity index (χ1) is 9.70. The summed E-state index contributed by atoms with van der Waals surface area (Å²) in [7, 11) is 0.812. The minimum Gasteiger partial charge on any atom is -0.354 e. The summed E-state index contributed by atoms with van der Waals surface area (Å²) in [4.78, 5) is 13.8. The minimum absolute atomic E-state index is 0.00670. The zero-order chi connectivity index (χ0) is 16.0. The summed E-state index contributed by atoms with van der Waals surface area (Å²) in [6, 6.07) is 8.11. The van der Waals surface area contributed by atoms with Crippen molar-refractivity contribution in [1.29, 1.82) is 0 Å². The first kappa shape index (κ1) is 17.7. The van der Waals surface area contributed by atoms with E-state index in [0.717, 1.165) is 11.8 Å². The molecule has 118 valence electrons. The van der Waals surface area contributed by atoms with Crippen LogP contribution in [-0.2, 0) is 14.6 Å². The number of aryl methyl sites for hydroxylation is 1. The predicted molar refractivity (Wildman–Crippen MR) is 84.9 cm³/mol. The van der Waals surface area contributed by atoms with E-state index in [1.165, 1.54) is 5.56 Å². The van der Waals surface area contributed by atoms with Crippen LogP contribution in [0, 0.1) is 6.92 Å². The maximum atomic E-state index is 11.7. The Bertz CT molecular complexity index is 582. The second-order valence-electron chi connectivity index (χ2n) is 5.52. The van der Waals surface area contributed by atoms with E-state index < -0.39 is 9.84 Å². The summed E-state index contributed by atoms with van der Waals surface area (Å²) < 4.78 is 22.1. The van der Waals surface area contributed by atoms with Gasteiger partial charge < -0.3 is 10.2 Å². The van der Waals surface area contributed by atoms with Gasteiger partial charge in [0.15, 0.2) is 0 Å². The number of nitrogens with zero attached hydrogens (tertiary/aromatic N) is 1. The monoisotopic (exact) mass is 312 g/mol. The molecule has 0 aliphatic carbocycles. The third-order valence-electron chi connectivity index (χ3n) is 3.36. The number of hydrogen-bond acceptors (Lipinski definition) is 4. The number of hydrogen-bond donors (Lipinski definition) is 1. The van der Waals surface area contributed by atoms with Crippen molar-refractivity contribution in [2.24, 2.45) is 0 Å². The van der Waals surface area contributed by atoms with E-state index in [-0.39, 0.29) is 24.1 Å².